The van der Waals surface area contributed by atoms with Crippen LogP contribution in [0.5, 0.6) is 0 Å². The molecule has 0 spiro atoms. The fraction of sp³-hybridized carbons (Fsp3) is 0.412. The quantitative estimate of drug-likeness (QED) is 0.612. The zero-order valence-electron chi connectivity index (χ0n) is 12.7. The van der Waals surface area contributed by atoms with E-state index >= 15 is 0 Å². The molecule has 1 aromatic rings. The normalized spacial score (nSPS) is 23.7. The largest absolute Gasteiger partial charge is 0.243 e. The van der Waals surface area contributed by atoms with Crippen molar-refractivity contribution < 1.29 is 8.42 Å². The van der Waals surface area contributed by atoms with E-state index in [0.29, 0.717) is 29.8 Å². The highest BCUT2D eigenvalue weighted by atomic mass is 79.9. The molecule has 1 fully saturated rings. The van der Waals surface area contributed by atoms with Crippen molar-refractivity contribution in [3.63, 3.8) is 0 Å². The molecule has 0 aromatic heterocycles. The molecule has 3 rings (SSSR count). The van der Waals surface area contributed by atoms with Crippen LogP contribution in [0.25, 0.3) is 0 Å². The molecule has 23 heavy (non-hydrogen) atoms. The van der Waals surface area contributed by atoms with Gasteiger partial charge in [-0.1, -0.05) is 56.2 Å². The van der Waals surface area contributed by atoms with Crippen LogP contribution in [0.3, 0.4) is 0 Å². The first-order valence-electron chi connectivity index (χ1n) is 7.76. The van der Waals surface area contributed by atoms with E-state index in [4.69, 9.17) is 0 Å². The molecule has 6 heteroatoms. The minimum absolute atomic E-state index is 0.365. The highest BCUT2D eigenvalue weighted by molar-refractivity contribution is 9.11. The summed E-state index contributed by atoms with van der Waals surface area (Å²) in [6, 6.07) is 6.93. The van der Waals surface area contributed by atoms with Crippen LogP contribution in [0.4, 0.5) is 0 Å². The van der Waals surface area contributed by atoms with Crippen LogP contribution in [0.2, 0.25) is 0 Å². The average Bonchev–Trinajstić information content (AvgIpc) is 2.55. The van der Waals surface area contributed by atoms with Crippen LogP contribution in [-0.2, 0) is 10.0 Å². The minimum atomic E-state index is -3.39. The number of hydrogen-bond donors (Lipinski definition) is 0. The van der Waals surface area contributed by atoms with E-state index in [0.717, 1.165) is 23.7 Å². The molecule has 1 aliphatic carbocycles. The summed E-state index contributed by atoms with van der Waals surface area (Å²) >= 11 is 7.01. The van der Waals surface area contributed by atoms with Gasteiger partial charge < -0.3 is 0 Å². The van der Waals surface area contributed by atoms with Gasteiger partial charge in [-0.2, -0.15) is 4.31 Å². The predicted octanol–water partition coefficient (Wildman–Crippen LogP) is 4.70. The summed E-state index contributed by atoms with van der Waals surface area (Å²) < 4.78 is 29.2. The third kappa shape index (κ3) is 3.81. The fourth-order valence-electron chi connectivity index (χ4n) is 3.27. The van der Waals surface area contributed by atoms with Gasteiger partial charge in [0.25, 0.3) is 0 Å². The van der Waals surface area contributed by atoms with Crippen LogP contribution >= 0.6 is 31.9 Å². The molecule has 1 atom stereocenters. The van der Waals surface area contributed by atoms with Crippen LogP contribution < -0.4 is 0 Å². The van der Waals surface area contributed by atoms with Crippen molar-refractivity contribution in [2.75, 3.05) is 13.1 Å². The fourth-order valence-corrected chi connectivity index (χ4v) is 6.05. The molecule has 0 radical (unpaired) electrons. The summed E-state index contributed by atoms with van der Waals surface area (Å²) in [5.74, 6) is 0.908. The topological polar surface area (TPSA) is 37.4 Å². The zero-order valence-corrected chi connectivity index (χ0v) is 16.6. The first-order chi connectivity index (χ1) is 11.0. The van der Waals surface area contributed by atoms with Gasteiger partial charge in [0, 0.05) is 23.5 Å². The number of halogens is 2. The molecule has 1 aliphatic heterocycles. The van der Waals surface area contributed by atoms with Crippen LogP contribution in [0, 0.1) is 11.8 Å². The Kier molecular flexibility index (Phi) is 5.46. The molecule has 0 bridgehead atoms. The van der Waals surface area contributed by atoms with Crippen molar-refractivity contribution in [1.82, 2.24) is 4.31 Å². The molecule has 0 amide bonds. The molecule has 0 saturated carbocycles. The summed E-state index contributed by atoms with van der Waals surface area (Å²) in [6.45, 7) is 1.17. The van der Waals surface area contributed by atoms with E-state index in [1.54, 1.807) is 22.5 Å². The number of allylic oxidation sites excluding steroid dienone is 4. The number of nitrogens with zero attached hydrogens (tertiary/aromatic N) is 1. The predicted molar refractivity (Wildman–Crippen MR) is 99.9 cm³/mol. The van der Waals surface area contributed by atoms with E-state index in [-0.39, 0.29) is 0 Å². The number of piperidine rings is 1. The Morgan fingerprint density at radius 3 is 2.52 bits per heavy atom. The Morgan fingerprint density at radius 2 is 1.87 bits per heavy atom. The number of rotatable bonds is 3. The second-order valence-corrected chi connectivity index (χ2v) is 9.75. The van der Waals surface area contributed by atoms with Crippen LogP contribution in [0.1, 0.15) is 19.3 Å². The maximum atomic E-state index is 12.8. The van der Waals surface area contributed by atoms with Gasteiger partial charge >= 0.3 is 0 Å². The Balaban J connectivity index is 1.70. The van der Waals surface area contributed by atoms with Gasteiger partial charge in [-0.25, -0.2) is 8.42 Å². The van der Waals surface area contributed by atoms with Gasteiger partial charge in [0.15, 0.2) is 0 Å². The van der Waals surface area contributed by atoms with Gasteiger partial charge in [0.05, 0.1) is 4.90 Å². The number of benzene rings is 1. The second-order valence-electron chi connectivity index (χ2n) is 5.98. The summed E-state index contributed by atoms with van der Waals surface area (Å²) in [7, 11) is -3.39. The third-order valence-corrected chi connectivity index (χ3v) is 7.79. The van der Waals surface area contributed by atoms with E-state index in [1.165, 1.54) is 4.48 Å². The van der Waals surface area contributed by atoms with Crippen molar-refractivity contribution in [2.24, 2.45) is 11.8 Å². The number of sulfonamides is 1. The Hall–Kier alpha value is -0.430. The lowest BCUT2D eigenvalue weighted by Crippen LogP contribution is -2.40. The monoisotopic (exact) mass is 459 g/mol. The number of hydrogen-bond acceptors (Lipinski definition) is 2. The van der Waals surface area contributed by atoms with Crippen molar-refractivity contribution in [3.8, 4) is 0 Å². The van der Waals surface area contributed by atoms with Crippen LogP contribution in [-0.4, -0.2) is 25.8 Å². The van der Waals surface area contributed by atoms with E-state index in [2.05, 4.69) is 50.1 Å². The average molecular weight is 461 g/mol. The lowest BCUT2D eigenvalue weighted by atomic mass is 9.83. The molecule has 124 valence electrons. The summed E-state index contributed by atoms with van der Waals surface area (Å²) in [6.07, 6.45) is 9.42. The van der Waals surface area contributed by atoms with Crippen LogP contribution in [0.15, 0.2) is 56.3 Å². The zero-order chi connectivity index (χ0) is 16.4. The lowest BCUT2D eigenvalue weighted by molar-refractivity contribution is 0.248. The Labute approximate surface area is 154 Å². The first kappa shape index (κ1) is 17.4. The maximum absolute atomic E-state index is 12.8. The summed E-state index contributed by atoms with van der Waals surface area (Å²) in [4.78, 5) is 0.365. The van der Waals surface area contributed by atoms with Gasteiger partial charge in [-0.15, -0.1) is 0 Å². The first-order valence-corrected chi connectivity index (χ1v) is 10.8. The van der Waals surface area contributed by atoms with Gasteiger partial charge in [-0.05, 0) is 47.9 Å². The van der Waals surface area contributed by atoms with Crippen molar-refractivity contribution >= 4 is 41.9 Å². The lowest BCUT2D eigenvalue weighted by Gasteiger charge is -2.35. The van der Waals surface area contributed by atoms with Crippen molar-refractivity contribution in [3.05, 3.63) is 51.4 Å². The SMILES string of the molecule is O=S(=O)(c1cccc(Br)c1)N1CCC(C2C=CCC=C2Br)CC1. The molecule has 1 heterocycles. The smallest absolute Gasteiger partial charge is 0.207 e. The highest BCUT2D eigenvalue weighted by Gasteiger charge is 2.33. The summed E-state index contributed by atoms with van der Waals surface area (Å²) in [5.41, 5.74) is 0. The minimum Gasteiger partial charge on any atom is -0.207 e. The van der Waals surface area contributed by atoms with Crippen molar-refractivity contribution in [2.45, 2.75) is 24.2 Å². The van der Waals surface area contributed by atoms with Crippen molar-refractivity contribution in [1.29, 1.82) is 0 Å². The van der Waals surface area contributed by atoms with E-state index < -0.39 is 10.0 Å². The highest BCUT2D eigenvalue weighted by Crippen LogP contribution is 2.37. The van der Waals surface area contributed by atoms with E-state index in [9.17, 15) is 8.42 Å². The molecule has 1 unspecified atom stereocenters. The molecule has 1 saturated heterocycles. The molecule has 3 nitrogen and oxygen atoms in total. The molecule has 2 aliphatic rings. The van der Waals surface area contributed by atoms with Gasteiger partial charge in [0.2, 0.25) is 10.0 Å². The summed E-state index contributed by atoms with van der Waals surface area (Å²) in [5, 5.41) is 0. The second kappa shape index (κ2) is 7.21. The maximum Gasteiger partial charge on any atom is 0.243 e. The molecular weight excluding hydrogens is 442 g/mol. The van der Waals surface area contributed by atoms with Gasteiger partial charge in [-0.3, -0.25) is 0 Å². The Bertz CT molecular complexity index is 735. The van der Waals surface area contributed by atoms with Gasteiger partial charge in [0.1, 0.15) is 0 Å². The molecular formula is C17H19Br2NO2S. The Morgan fingerprint density at radius 1 is 1.13 bits per heavy atom. The standard InChI is InChI=1S/C17H19Br2NO2S/c18-14-4-3-5-15(12-14)23(21,22)20-10-8-13(9-11-20)16-6-1-2-7-17(16)19/h1,3-7,12-13,16H,2,8-11H2. The molecule has 1 aromatic carbocycles. The molecule has 0 N–H and O–H groups in total. The third-order valence-electron chi connectivity index (χ3n) is 4.55. The van der Waals surface area contributed by atoms with E-state index in [1.807, 2.05) is 6.07 Å².